The standard InChI is InChI=1S/C17H23N3O3/c1-17(2,3)23-16(22)20-11-14(21)15(19(4)10-9-18)12-7-5-6-8-13(12)20/h5-8,14-15,21H,10-11H2,1-4H3/t14-,15-/m0/s1. The molecule has 0 saturated heterocycles. The van der Waals surface area contributed by atoms with Crippen LogP contribution in [-0.2, 0) is 4.74 Å². The minimum atomic E-state index is -0.796. The largest absolute Gasteiger partial charge is 0.443 e. The number of benzene rings is 1. The molecular formula is C17H23N3O3. The highest BCUT2D eigenvalue weighted by Crippen LogP contribution is 2.37. The van der Waals surface area contributed by atoms with Gasteiger partial charge < -0.3 is 9.84 Å². The van der Waals surface area contributed by atoms with Crippen molar-refractivity contribution >= 4 is 11.8 Å². The van der Waals surface area contributed by atoms with Crippen LogP contribution < -0.4 is 4.90 Å². The van der Waals surface area contributed by atoms with Gasteiger partial charge in [0.05, 0.1) is 37.0 Å². The number of para-hydroxylation sites is 1. The van der Waals surface area contributed by atoms with E-state index in [0.717, 1.165) is 5.56 Å². The number of hydrogen-bond acceptors (Lipinski definition) is 5. The Morgan fingerprint density at radius 1 is 1.48 bits per heavy atom. The van der Waals surface area contributed by atoms with Crippen molar-refractivity contribution in [3.63, 3.8) is 0 Å². The Balaban J connectivity index is 2.37. The first-order valence-electron chi connectivity index (χ1n) is 7.59. The minimum Gasteiger partial charge on any atom is -0.443 e. The third kappa shape index (κ3) is 3.81. The number of fused-ring (bicyclic) bond motifs is 1. The fourth-order valence-electron chi connectivity index (χ4n) is 2.81. The number of nitriles is 1. The van der Waals surface area contributed by atoms with Gasteiger partial charge >= 0.3 is 6.09 Å². The number of hydrogen-bond donors (Lipinski definition) is 1. The molecule has 0 fully saturated rings. The van der Waals surface area contributed by atoms with Crippen molar-refractivity contribution in [2.75, 3.05) is 25.0 Å². The molecule has 2 rings (SSSR count). The molecule has 124 valence electrons. The van der Waals surface area contributed by atoms with Crippen molar-refractivity contribution in [3.05, 3.63) is 29.8 Å². The highest BCUT2D eigenvalue weighted by atomic mass is 16.6. The zero-order chi connectivity index (χ0) is 17.2. The van der Waals surface area contributed by atoms with Crippen LogP contribution in [0.3, 0.4) is 0 Å². The molecule has 6 heteroatoms. The van der Waals surface area contributed by atoms with Crippen LogP contribution >= 0.6 is 0 Å². The van der Waals surface area contributed by atoms with Gasteiger partial charge in [-0.25, -0.2) is 4.79 Å². The molecule has 0 saturated carbocycles. The molecule has 1 heterocycles. The summed E-state index contributed by atoms with van der Waals surface area (Å²) < 4.78 is 5.44. The first kappa shape index (κ1) is 17.3. The fourth-order valence-corrected chi connectivity index (χ4v) is 2.81. The highest BCUT2D eigenvalue weighted by Gasteiger charge is 2.38. The highest BCUT2D eigenvalue weighted by molar-refractivity contribution is 5.90. The van der Waals surface area contributed by atoms with Gasteiger partial charge in [-0.1, -0.05) is 18.2 Å². The van der Waals surface area contributed by atoms with Crippen molar-refractivity contribution in [1.82, 2.24) is 4.90 Å². The van der Waals surface area contributed by atoms with E-state index >= 15 is 0 Å². The summed E-state index contributed by atoms with van der Waals surface area (Å²) in [7, 11) is 1.79. The summed E-state index contributed by atoms with van der Waals surface area (Å²) in [5.41, 5.74) is 0.919. The Bertz CT molecular complexity index is 618. The van der Waals surface area contributed by atoms with Crippen LogP contribution in [-0.4, -0.2) is 47.9 Å². The number of β-amino-alcohol motifs (C(OH)–C–C–N with tert-alkyl or cyclic N) is 1. The number of amides is 1. The average molecular weight is 317 g/mol. The number of likely N-dealkylation sites (N-methyl/N-ethyl adjacent to an activating group) is 1. The third-order valence-electron chi connectivity index (χ3n) is 3.69. The number of carbonyl (C=O) groups excluding carboxylic acids is 1. The molecule has 0 bridgehead atoms. The summed E-state index contributed by atoms with van der Waals surface area (Å²) in [5.74, 6) is 0. The summed E-state index contributed by atoms with van der Waals surface area (Å²) in [6.07, 6.45) is -1.28. The van der Waals surface area contributed by atoms with Crippen LogP contribution in [0.25, 0.3) is 0 Å². The van der Waals surface area contributed by atoms with Gasteiger partial charge in [0.25, 0.3) is 0 Å². The summed E-state index contributed by atoms with van der Waals surface area (Å²) >= 11 is 0. The molecule has 0 aliphatic carbocycles. The zero-order valence-electron chi connectivity index (χ0n) is 14.0. The molecule has 6 nitrogen and oxygen atoms in total. The molecule has 1 aromatic rings. The van der Waals surface area contributed by atoms with E-state index in [0.29, 0.717) is 5.69 Å². The van der Waals surface area contributed by atoms with Crippen LogP contribution in [0, 0.1) is 11.3 Å². The van der Waals surface area contributed by atoms with Crippen LogP contribution in [0.15, 0.2) is 24.3 Å². The van der Waals surface area contributed by atoms with E-state index in [1.54, 1.807) is 32.7 Å². The molecule has 2 atom stereocenters. The van der Waals surface area contributed by atoms with Gasteiger partial charge in [-0.15, -0.1) is 0 Å². The zero-order valence-corrected chi connectivity index (χ0v) is 14.0. The molecule has 1 aliphatic rings. The summed E-state index contributed by atoms with van der Waals surface area (Å²) in [5, 5.41) is 19.4. The van der Waals surface area contributed by atoms with Gasteiger partial charge in [-0.05, 0) is 39.4 Å². The van der Waals surface area contributed by atoms with Crippen LogP contribution in [0.1, 0.15) is 32.4 Å². The molecular weight excluding hydrogens is 294 g/mol. The monoisotopic (exact) mass is 317 g/mol. The van der Waals surface area contributed by atoms with Crippen LogP contribution in [0.2, 0.25) is 0 Å². The van der Waals surface area contributed by atoms with E-state index in [9.17, 15) is 9.90 Å². The molecule has 1 aromatic carbocycles. The van der Waals surface area contributed by atoms with Gasteiger partial charge in [-0.3, -0.25) is 9.80 Å². The Morgan fingerprint density at radius 3 is 2.74 bits per heavy atom. The van der Waals surface area contributed by atoms with Gasteiger partial charge in [-0.2, -0.15) is 5.26 Å². The van der Waals surface area contributed by atoms with E-state index in [1.165, 1.54) is 4.90 Å². The Hall–Kier alpha value is -2.10. The number of rotatable bonds is 2. The molecule has 1 N–H and O–H groups in total. The van der Waals surface area contributed by atoms with E-state index < -0.39 is 17.8 Å². The average Bonchev–Trinajstić information content (AvgIpc) is 2.44. The van der Waals surface area contributed by atoms with E-state index in [2.05, 4.69) is 6.07 Å². The quantitative estimate of drug-likeness (QED) is 0.847. The lowest BCUT2D eigenvalue weighted by Gasteiger charge is -2.41. The van der Waals surface area contributed by atoms with E-state index in [4.69, 9.17) is 10.00 Å². The van der Waals surface area contributed by atoms with Gasteiger partial charge in [0.2, 0.25) is 0 Å². The molecule has 0 spiro atoms. The molecule has 23 heavy (non-hydrogen) atoms. The maximum Gasteiger partial charge on any atom is 0.414 e. The molecule has 0 radical (unpaired) electrons. The molecule has 1 amide bonds. The first-order valence-corrected chi connectivity index (χ1v) is 7.59. The van der Waals surface area contributed by atoms with Crippen molar-refractivity contribution in [2.24, 2.45) is 0 Å². The summed E-state index contributed by atoms with van der Waals surface area (Å²) in [4.78, 5) is 15.7. The molecule has 1 aliphatic heterocycles. The van der Waals surface area contributed by atoms with Gasteiger partial charge in [0.15, 0.2) is 0 Å². The normalized spacial score (nSPS) is 20.8. The second-order valence-corrected chi connectivity index (χ2v) is 6.74. The molecule has 0 unspecified atom stereocenters. The maximum absolute atomic E-state index is 12.5. The lowest BCUT2D eigenvalue weighted by atomic mass is 9.93. The van der Waals surface area contributed by atoms with Gasteiger partial charge in [0.1, 0.15) is 5.60 Å². The summed E-state index contributed by atoms with van der Waals surface area (Å²) in [6.45, 7) is 5.75. The van der Waals surface area contributed by atoms with E-state index in [-0.39, 0.29) is 19.1 Å². The summed E-state index contributed by atoms with van der Waals surface area (Å²) in [6, 6.07) is 9.16. The van der Waals surface area contributed by atoms with Crippen molar-refractivity contribution < 1.29 is 14.6 Å². The predicted octanol–water partition coefficient (Wildman–Crippen LogP) is 2.30. The van der Waals surface area contributed by atoms with Crippen molar-refractivity contribution in [3.8, 4) is 6.07 Å². The van der Waals surface area contributed by atoms with Crippen molar-refractivity contribution in [1.29, 1.82) is 5.26 Å². The Morgan fingerprint density at radius 2 is 2.13 bits per heavy atom. The van der Waals surface area contributed by atoms with Gasteiger partial charge in [0, 0.05) is 0 Å². The van der Waals surface area contributed by atoms with Crippen molar-refractivity contribution in [2.45, 2.75) is 38.5 Å². The number of ether oxygens (including phenoxy) is 1. The number of nitrogens with zero attached hydrogens (tertiary/aromatic N) is 3. The lowest BCUT2D eigenvalue weighted by Crippen LogP contribution is -2.50. The first-order chi connectivity index (χ1) is 10.7. The topological polar surface area (TPSA) is 76.8 Å². The Labute approximate surface area is 136 Å². The molecule has 0 aromatic heterocycles. The second kappa shape index (κ2) is 6.57. The number of carbonyl (C=O) groups is 1. The predicted molar refractivity (Wildman–Crippen MR) is 87.0 cm³/mol. The number of aliphatic hydroxyl groups excluding tert-OH is 1. The minimum absolute atomic E-state index is 0.131. The number of aliphatic hydroxyl groups is 1. The third-order valence-corrected chi connectivity index (χ3v) is 3.69. The van der Waals surface area contributed by atoms with Crippen LogP contribution in [0.5, 0.6) is 0 Å². The van der Waals surface area contributed by atoms with Crippen LogP contribution in [0.4, 0.5) is 10.5 Å². The lowest BCUT2D eigenvalue weighted by molar-refractivity contribution is 0.0438. The van der Waals surface area contributed by atoms with E-state index in [1.807, 2.05) is 24.3 Å². The maximum atomic E-state index is 12.5. The SMILES string of the molecule is CN(CC#N)[C@H]1c2ccccc2N(C(=O)OC(C)(C)C)C[C@@H]1O. The second-order valence-electron chi connectivity index (χ2n) is 6.74. The number of anilines is 1. The fraction of sp³-hybridized carbons (Fsp3) is 0.529. The smallest absolute Gasteiger partial charge is 0.414 e. The Kier molecular flexibility index (Phi) is 4.93.